The first-order chi connectivity index (χ1) is 10.1. The second kappa shape index (κ2) is 7.78. The van der Waals surface area contributed by atoms with Crippen molar-refractivity contribution in [3.8, 4) is 0 Å². The van der Waals surface area contributed by atoms with E-state index in [0.29, 0.717) is 30.4 Å². The van der Waals surface area contributed by atoms with Crippen LogP contribution in [0.4, 0.5) is 6.01 Å². The van der Waals surface area contributed by atoms with E-state index in [2.05, 4.69) is 48.2 Å². The molecular weight excluding hydrogens is 264 g/mol. The van der Waals surface area contributed by atoms with Crippen molar-refractivity contribution in [3.05, 3.63) is 5.89 Å². The highest BCUT2D eigenvalue weighted by Gasteiger charge is 2.25. The molecule has 1 aromatic rings. The fourth-order valence-corrected chi connectivity index (χ4v) is 3.02. The molecule has 1 N–H and O–H groups in total. The van der Waals surface area contributed by atoms with Gasteiger partial charge >= 0.3 is 6.01 Å². The van der Waals surface area contributed by atoms with Crippen molar-refractivity contribution in [2.24, 2.45) is 11.8 Å². The van der Waals surface area contributed by atoms with E-state index in [-0.39, 0.29) is 0 Å². The van der Waals surface area contributed by atoms with Crippen LogP contribution in [0.25, 0.3) is 0 Å². The summed E-state index contributed by atoms with van der Waals surface area (Å²) in [6, 6.07) is 1.21. The molecule has 1 aliphatic carbocycles. The van der Waals surface area contributed by atoms with Gasteiger partial charge in [-0.3, -0.25) is 0 Å². The van der Waals surface area contributed by atoms with Gasteiger partial charge in [0, 0.05) is 13.1 Å². The first-order valence-corrected chi connectivity index (χ1v) is 8.36. The van der Waals surface area contributed by atoms with Crippen molar-refractivity contribution >= 4 is 6.01 Å². The Morgan fingerprint density at radius 2 is 1.95 bits per heavy atom. The average molecular weight is 294 g/mol. The lowest BCUT2D eigenvalue weighted by molar-refractivity contribution is 0.305. The van der Waals surface area contributed by atoms with Crippen molar-refractivity contribution in [1.29, 1.82) is 0 Å². The van der Waals surface area contributed by atoms with Gasteiger partial charge in [0.25, 0.3) is 0 Å². The number of rotatable bonds is 7. The molecule has 0 aliphatic heterocycles. The standard InChI is InChI=1S/C16H30N4O/c1-5-13-6-8-14(9-7-13)20(4)16-19-18-15(21-16)11-17-10-12(2)3/h12-14,17H,5-11H2,1-4H3. The van der Waals surface area contributed by atoms with Crippen LogP contribution in [0.1, 0.15) is 58.8 Å². The van der Waals surface area contributed by atoms with Crippen LogP contribution in [0.2, 0.25) is 0 Å². The first-order valence-electron chi connectivity index (χ1n) is 8.36. The number of anilines is 1. The largest absolute Gasteiger partial charge is 0.407 e. The van der Waals surface area contributed by atoms with Gasteiger partial charge in [-0.05, 0) is 44.1 Å². The molecule has 120 valence electrons. The lowest BCUT2D eigenvalue weighted by Gasteiger charge is -2.33. The summed E-state index contributed by atoms with van der Waals surface area (Å²) in [4.78, 5) is 2.17. The summed E-state index contributed by atoms with van der Waals surface area (Å²) in [5.74, 6) is 2.22. The second-order valence-corrected chi connectivity index (χ2v) is 6.70. The molecule has 1 fully saturated rings. The molecule has 5 heteroatoms. The zero-order chi connectivity index (χ0) is 15.2. The number of nitrogens with zero attached hydrogens (tertiary/aromatic N) is 3. The fourth-order valence-electron chi connectivity index (χ4n) is 3.02. The Kier molecular flexibility index (Phi) is 6.03. The highest BCUT2D eigenvalue weighted by Crippen LogP contribution is 2.30. The van der Waals surface area contributed by atoms with Crippen molar-refractivity contribution in [2.45, 2.75) is 65.5 Å². The molecule has 1 heterocycles. The van der Waals surface area contributed by atoms with E-state index < -0.39 is 0 Å². The van der Waals surface area contributed by atoms with Gasteiger partial charge in [-0.15, -0.1) is 5.10 Å². The van der Waals surface area contributed by atoms with Crippen LogP contribution in [0.3, 0.4) is 0 Å². The third-order valence-electron chi connectivity index (χ3n) is 4.53. The van der Waals surface area contributed by atoms with Crippen molar-refractivity contribution in [2.75, 3.05) is 18.5 Å². The topological polar surface area (TPSA) is 54.2 Å². The molecule has 0 radical (unpaired) electrons. The van der Waals surface area contributed by atoms with Crippen LogP contribution >= 0.6 is 0 Å². The Balaban J connectivity index is 1.83. The summed E-state index contributed by atoms with van der Waals surface area (Å²) in [5.41, 5.74) is 0. The highest BCUT2D eigenvalue weighted by atomic mass is 16.4. The Hall–Kier alpha value is -1.10. The van der Waals surface area contributed by atoms with Gasteiger partial charge in [-0.25, -0.2) is 0 Å². The van der Waals surface area contributed by atoms with E-state index in [0.717, 1.165) is 12.5 Å². The first kappa shape index (κ1) is 16.3. The van der Waals surface area contributed by atoms with Crippen molar-refractivity contribution in [3.63, 3.8) is 0 Å². The van der Waals surface area contributed by atoms with E-state index in [4.69, 9.17) is 4.42 Å². The van der Waals surface area contributed by atoms with E-state index in [1.165, 1.54) is 32.1 Å². The quantitative estimate of drug-likeness (QED) is 0.837. The fraction of sp³-hybridized carbons (Fsp3) is 0.875. The average Bonchev–Trinajstić information content (AvgIpc) is 2.95. The maximum Gasteiger partial charge on any atom is 0.318 e. The van der Waals surface area contributed by atoms with Crippen molar-refractivity contribution < 1.29 is 4.42 Å². The Bertz CT molecular complexity index is 410. The molecule has 5 nitrogen and oxygen atoms in total. The van der Waals surface area contributed by atoms with E-state index in [1.807, 2.05) is 0 Å². The lowest BCUT2D eigenvalue weighted by atomic mass is 9.84. The molecule has 21 heavy (non-hydrogen) atoms. The molecule has 2 rings (SSSR count). The molecule has 0 aromatic carbocycles. The monoisotopic (exact) mass is 294 g/mol. The van der Waals surface area contributed by atoms with Crippen LogP contribution in [0.15, 0.2) is 4.42 Å². The molecule has 0 amide bonds. The minimum atomic E-state index is 0.546. The second-order valence-electron chi connectivity index (χ2n) is 6.70. The summed E-state index contributed by atoms with van der Waals surface area (Å²) < 4.78 is 5.77. The predicted molar refractivity (Wildman–Crippen MR) is 85.3 cm³/mol. The molecule has 1 aromatic heterocycles. The van der Waals surface area contributed by atoms with E-state index in [1.54, 1.807) is 0 Å². The molecule has 1 aliphatic rings. The highest BCUT2D eigenvalue weighted by molar-refractivity contribution is 5.24. The lowest BCUT2D eigenvalue weighted by Crippen LogP contribution is -2.35. The third-order valence-corrected chi connectivity index (χ3v) is 4.53. The maximum atomic E-state index is 5.77. The molecule has 0 saturated heterocycles. The summed E-state index contributed by atoms with van der Waals surface area (Å²) >= 11 is 0. The Morgan fingerprint density at radius 1 is 1.24 bits per heavy atom. The van der Waals surface area contributed by atoms with Gasteiger partial charge in [0.2, 0.25) is 5.89 Å². The SMILES string of the molecule is CCC1CCC(N(C)c2nnc(CNCC(C)C)o2)CC1. The van der Waals surface area contributed by atoms with Crippen molar-refractivity contribution in [1.82, 2.24) is 15.5 Å². The molecule has 0 spiro atoms. The van der Waals surface area contributed by atoms with Crippen LogP contribution in [-0.4, -0.2) is 29.8 Å². The molecule has 0 bridgehead atoms. The molecule has 0 atom stereocenters. The van der Waals surface area contributed by atoms with Gasteiger partial charge in [0.1, 0.15) is 0 Å². The minimum Gasteiger partial charge on any atom is -0.407 e. The number of hydrogen-bond acceptors (Lipinski definition) is 5. The Labute approximate surface area is 128 Å². The minimum absolute atomic E-state index is 0.546. The van der Waals surface area contributed by atoms with Crippen LogP contribution < -0.4 is 10.2 Å². The normalized spacial score (nSPS) is 22.7. The summed E-state index contributed by atoms with van der Waals surface area (Å²) in [6.07, 6.45) is 6.42. The zero-order valence-corrected chi connectivity index (χ0v) is 13.9. The summed E-state index contributed by atoms with van der Waals surface area (Å²) in [7, 11) is 2.08. The van der Waals surface area contributed by atoms with Crippen LogP contribution in [0.5, 0.6) is 0 Å². The van der Waals surface area contributed by atoms with Gasteiger partial charge in [0.05, 0.1) is 6.54 Å². The molecular formula is C16H30N4O. The summed E-state index contributed by atoms with van der Waals surface area (Å²) in [6.45, 7) is 8.29. The number of nitrogens with one attached hydrogen (secondary N) is 1. The van der Waals surface area contributed by atoms with Crippen LogP contribution in [0, 0.1) is 11.8 Å². The smallest absolute Gasteiger partial charge is 0.318 e. The molecule has 0 unspecified atom stereocenters. The van der Waals surface area contributed by atoms with Gasteiger partial charge in [-0.1, -0.05) is 32.3 Å². The van der Waals surface area contributed by atoms with Gasteiger partial charge < -0.3 is 14.6 Å². The van der Waals surface area contributed by atoms with Crippen LogP contribution in [-0.2, 0) is 6.54 Å². The number of hydrogen-bond donors (Lipinski definition) is 1. The third kappa shape index (κ3) is 4.70. The molecule has 1 saturated carbocycles. The zero-order valence-electron chi connectivity index (χ0n) is 13.9. The van der Waals surface area contributed by atoms with E-state index >= 15 is 0 Å². The van der Waals surface area contributed by atoms with Gasteiger partial charge in [0.15, 0.2) is 0 Å². The Morgan fingerprint density at radius 3 is 2.57 bits per heavy atom. The predicted octanol–water partition coefficient (Wildman–Crippen LogP) is 3.22. The van der Waals surface area contributed by atoms with Gasteiger partial charge in [-0.2, -0.15) is 0 Å². The number of aromatic nitrogens is 2. The summed E-state index contributed by atoms with van der Waals surface area (Å²) in [5, 5.41) is 11.7. The van der Waals surface area contributed by atoms with E-state index in [9.17, 15) is 0 Å². The maximum absolute atomic E-state index is 5.77.